The maximum Gasteiger partial charge on any atom is 0.272 e. The van der Waals surface area contributed by atoms with E-state index in [1.807, 2.05) is 24.3 Å². The van der Waals surface area contributed by atoms with Gasteiger partial charge < -0.3 is 10.1 Å². The number of rotatable bonds is 7. The fourth-order valence-corrected chi connectivity index (χ4v) is 4.11. The standard InChI is InChI=1S/C16H16N4O3S2/c1-23-13-6-3-2-5-12(13)11-17-14-8-9-15(19-18-14)20-25(21,22)16-7-4-10-24-16/h2-10H,11H2,1H3,(H,17,18)(H,19,20). The first-order chi connectivity index (χ1) is 12.1. The monoisotopic (exact) mass is 376 g/mol. The Bertz CT molecular complexity index is 926. The molecule has 0 saturated carbocycles. The predicted molar refractivity (Wildman–Crippen MR) is 97.5 cm³/mol. The number of anilines is 2. The highest BCUT2D eigenvalue weighted by Crippen LogP contribution is 2.20. The van der Waals surface area contributed by atoms with Crippen molar-refractivity contribution < 1.29 is 13.2 Å². The van der Waals surface area contributed by atoms with Gasteiger partial charge in [-0.1, -0.05) is 24.3 Å². The van der Waals surface area contributed by atoms with Crippen LogP contribution in [0.25, 0.3) is 0 Å². The molecule has 0 aliphatic rings. The highest BCUT2D eigenvalue weighted by molar-refractivity contribution is 7.94. The molecule has 9 heteroatoms. The lowest BCUT2D eigenvalue weighted by Crippen LogP contribution is -2.13. The first kappa shape index (κ1) is 17.2. The summed E-state index contributed by atoms with van der Waals surface area (Å²) < 4.78 is 32.2. The van der Waals surface area contributed by atoms with Crippen molar-refractivity contribution in [1.29, 1.82) is 0 Å². The van der Waals surface area contributed by atoms with Crippen LogP contribution in [-0.4, -0.2) is 25.7 Å². The fourth-order valence-electron chi connectivity index (χ4n) is 2.12. The van der Waals surface area contributed by atoms with E-state index >= 15 is 0 Å². The van der Waals surface area contributed by atoms with Crippen LogP contribution in [0.15, 0.2) is 58.1 Å². The van der Waals surface area contributed by atoms with E-state index in [9.17, 15) is 8.42 Å². The Balaban J connectivity index is 1.65. The lowest BCUT2D eigenvalue weighted by molar-refractivity contribution is 0.410. The molecule has 0 fully saturated rings. The summed E-state index contributed by atoms with van der Waals surface area (Å²) in [6, 6.07) is 14.1. The van der Waals surface area contributed by atoms with E-state index in [4.69, 9.17) is 4.74 Å². The van der Waals surface area contributed by atoms with Crippen LogP contribution in [0.3, 0.4) is 0 Å². The second kappa shape index (κ2) is 7.49. The molecule has 25 heavy (non-hydrogen) atoms. The van der Waals surface area contributed by atoms with Crippen LogP contribution in [-0.2, 0) is 16.6 Å². The summed E-state index contributed by atoms with van der Waals surface area (Å²) in [6.45, 7) is 0.513. The Labute approximate surface area is 149 Å². The van der Waals surface area contributed by atoms with Gasteiger partial charge in [0, 0.05) is 12.1 Å². The molecule has 3 rings (SSSR count). The molecule has 0 radical (unpaired) electrons. The van der Waals surface area contributed by atoms with Gasteiger partial charge in [-0.05, 0) is 29.6 Å². The average molecular weight is 376 g/mol. The number of thiophene rings is 1. The highest BCUT2D eigenvalue weighted by Gasteiger charge is 2.15. The number of nitrogens with zero attached hydrogens (tertiary/aromatic N) is 2. The smallest absolute Gasteiger partial charge is 0.272 e. The molecule has 0 saturated heterocycles. The van der Waals surface area contributed by atoms with E-state index in [1.165, 1.54) is 6.07 Å². The van der Waals surface area contributed by atoms with Crippen molar-refractivity contribution in [3.05, 3.63) is 59.5 Å². The zero-order chi connectivity index (χ0) is 17.7. The van der Waals surface area contributed by atoms with Gasteiger partial charge in [-0.15, -0.1) is 21.5 Å². The van der Waals surface area contributed by atoms with Gasteiger partial charge in [0.2, 0.25) is 0 Å². The zero-order valence-electron chi connectivity index (χ0n) is 13.3. The molecule has 7 nitrogen and oxygen atoms in total. The number of methoxy groups -OCH3 is 1. The van der Waals surface area contributed by atoms with Gasteiger partial charge >= 0.3 is 0 Å². The van der Waals surface area contributed by atoms with Gasteiger partial charge in [0.05, 0.1) is 7.11 Å². The maximum atomic E-state index is 12.1. The number of benzene rings is 1. The van der Waals surface area contributed by atoms with Crippen molar-refractivity contribution in [2.45, 2.75) is 10.8 Å². The summed E-state index contributed by atoms with van der Waals surface area (Å²) in [5.41, 5.74) is 0.981. The summed E-state index contributed by atoms with van der Waals surface area (Å²) in [7, 11) is -2.00. The summed E-state index contributed by atoms with van der Waals surface area (Å²) in [5, 5.41) is 12.7. The van der Waals surface area contributed by atoms with Crippen LogP contribution in [0.4, 0.5) is 11.6 Å². The lowest BCUT2D eigenvalue weighted by atomic mass is 10.2. The van der Waals surface area contributed by atoms with Gasteiger partial charge in [0.1, 0.15) is 15.8 Å². The third-order valence-electron chi connectivity index (χ3n) is 3.32. The van der Waals surface area contributed by atoms with E-state index in [1.54, 1.807) is 30.7 Å². The van der Waals surface area contributed by atoms with Gasteiger partial charge in [0.15, 0.2) is 5.82 Å². The summed E-state index contributed by atoms with van der Waals surface area (Å²) >= 11 is 1.14. The molecule has 0 spiro atoms. The van der Waals surface area contributed by atoms with E-state index in [2.05, 4.69) is 20.2 Å². The average Bonchev–Trinajstić information content (AvgIpc) is 3.17. The van der Waals surface area contributed by atoms with Crippen molar-refractivity contribution in [2.24, 2.45) is 0 Å². The fraction of sp³-hybridized carbons (Fsp3) is 0.125. The topological polar surface area (TPSA) is 93.2 Å². The molecule has 2 N–H and O–H groups in total. The second-order valence-corrected chi connectivity index (χ2v) is 7.86. The molecule has 0 amide bonds. The predicted octanol–water partition coefficient (Wildman–Crippen LogP) is 2.96. The van der Waals surface area contributed by atoms with E-state index in [0.29, 0.717) is 12.4 Å². The summed E-state index contributed by atoms with van der Waals surface area (Å²) in [4.78, 5) is 0. The van der Waals surface area contributed by atoms with Crippen molar-refractivity contribution in [3.8, 4) is 5.75 Å². The summed E-state index contributed by atoms with van der Waals surface area (Å²) in [6.07, 6.45) is 0. The molecule has 0 aliphatic heterocycles. The van der Waals surface area contributed by atoms with Gasteiger partial charge in [-0.2, -0.15) is 0 Å². The van der Waals surface area contributed by atoms with Crippen molar-refractivity contribution in [3.63, 3.8) is 0 Å². The minimum atomic E-state index is -3.62. The molecule has 1 aromatic carbocycles. The maximum absolute atomic E-state index is 12.1. The first-order valence-corrected chi connectivity index (χ1v) is 9.70. The number of para-hydroxylation sites is 1. The molecular weight excluding hydrogens is 360 g/mol. The molecule has 2 heterocycles. The largest absolute Gasteiger partial charge is 0.496 e. The second-order valence-electron chi connectivity index (χ2n) is 5.01. The van der Waals surface area contributed by atoms with Crippen LogP contribution < -0.4 is 14.8 Å². The Kier molecular flexibility index (Phi) is 5.15. The summed E-state index contributed by atoms with van der Waals surface area (Å²) in [5.74, 6) is 1.48. The number of hydrogen-bond donors (Lipinski definition) is 2. The highest BCUT2D eigenvalue weighted by atomic mass is 32.2. The minimum Gasteiger partial charge on any atom is -0.496 e. The molecule has 0 atom stereocenters. The molecular formula is C16H16N4O3S2. The van der Waals surface area contributed by atoms with Crippen LogP contribution >= 0.6 is 11.3 Å². The minimum absolute atomic E-state index is 0.163. The molecule has 0 aliphatic carbocycles. The first-order valence-electron chi connectivity index (χ1n) is 7.34. The van der Waals surface area contributed by atoms with Crippen molar-refractivity contribution in [2.75, 3.05) is 17.1 Å². The molecule has 130 valence electrons. The van der Waals surface area contributed by atoms with Crippen molar-refractivity contribution >= 4 is 33.0 Å². The SMILES string of the molecule is COc1ccccc1CNc1ccc(NS(=O)(=O)c2cccs2)nn1. The Morgan fingerprint density at radius 1 is 1.04 bits per heavy atom. The Morgan fingerprint density at radius 2 is 1.80 bits per heavy atom. The van der Waals surface area contributed by atoms with Gasteiger partial charge in [0.25, 0.3) is 10.0 Å². The van der Waals surface area contributed by atoms with Gasteiger partial charge in [-0.3, -0.25) is 4.72 Å². The van der Waals surface area contributed by atoms with Gasteiger partial charge in [-0.25, -0.2) is 8.42 Å². The van der Waals surface area contributed by atoms with Crippen molar-refractivity contribution in [1.82, 2.24) is 10.2 Å². The van der Waals surface area contributed by atoms with E-state index in [-0.39, 0.29) is 10.0 Å². The number of aromatic nitrogens is 2. The number of nitrogens with one attached hydrogen (secondary N) is 2. The normalized spacial score (nSPS) is 11.1. The zero-order valence-corrected chi connectivity index (χ0v) is 15.0. The molecule has 0 unspecified atom stereocenters. The Hall–Kier alpha value is -2.65. The Morgan fingerprint density at radius 3 is 2.48 bits per heavy atom. The third kappa shape index (κ3) is 4.25. The number of ether oxygens (including phenoxy) is 1. The lowest BCUT2D eigenvalue weighted by Gasteiger charge is -2.10. The third-order valence-corrected chi connectivity index (χ3v) is 6.07. The number of hydrogen-bond acceptors (Lipinski definition) is 7. The van der Waals surface area contributed by atoms with E-state index < -0.39 is 10.0 Å². The van der Waals surface area contributed by atoms with Crippen LogP contribution in [0.1, 0.15) is 5.56 Å². The van der Waals surface area contributed by atoms with Crippen LogP contribution in [0.5, 0.6) is 5.75 Å². The molecule has 3 aromatic rings. The molecule has 0 bridgehead atoms. The van der Waals surface area contributed by atoms with Crippen LogP contribution in [0, 0.1) is 0 Å². The number of sulfonamides is 1. The molecule has 2 aromatic heterocycles. The van der Waals surface area contributed by atoms with E-state index in [0.717, 1.165) is 22.6 Å². The van der Waals surface area contributed by atoms with Crippen LogP contribution in [0.2, 0.25) is 0 Å². The quantitative estimate of drug-likeness (QED) is 0.658.